The maximum absolute atomic E-state index is 10.8. The number of hydrogen-bond acceptors (Lipinski definition) is 2. The molecule has 0 saturated carbocycles. The van der Waals surface area contributed by atoms with Crippen molar-refractivity contribution in [3.05, 3.63) is 28.8 Å². The number of thioether (sulfide) groups is 1. The lowest BCUT2D eigenvalue weighted by molar-refractivity contribution is 0.112. The third kappa shape index (κ3) is 4.27. The fraction of sp³-hybridized carbons (Fsp3) is 0.417. The van der Waals surface area contributed by atoms with E-state index in [1.807, 2.05) is 12.1 Å². The van der Waals surface area contributed by atoms with Gasteiger partial charge in [0.15, 0.2) is 6.29 Å². The molecule has 0 spiro atoms. The van der Waals surface area contributed by atoms with Crippen LogP contribution in [0.25, 0.3) is 0 Å². The number of unbranched alkanes of at least 4 members (excludes halogenated alkanes) is 2. The molecule has 3 heteroatoms. The first kappa shape index (κ1) is 12.6. The predicted molar refractivity (Wildman–Crippen MR) is 67.1 cm³/mol. The van der Waals surface area contributed by atoms with E-state index in [4.69, 9.17) is 11.6 Å². The van der Waals surface area contributed by atoms with Crippen LogP contribution in [0.4, 0.5) is 0 Å². The van der Waals surface area contributed by atoms with E-state index in [-0.39, 0.29) is 0 Å². The number of benzene rings is 1. The Bertz CT molecular complexity index is 325. The van der Waals surface area contributed by atoms with Crippen LogP contribution in [0.5, 0.6) is 0 Å². The highest BCUT2D eigenvalue weighted by molar-refractivity contribution is 7.99. The number of rotatable bonds is 6. The molecule has 0 aliphatic heterocycles. The fourth-order valence-electron chi connectivity index (χ4n) is 1.28. The quantitative estimate of drug-likeness (QED) is 0.417. The lowest BCUT2D eigenvalue weighted by Crippen LogP contribution is -1.87. The zero-order valence-electron chi connectivity index (χ0n) is 8.83. The largest absolute Gasteiger partial charge is 0.298 e. The number of aldehydes is 1. The van der Waals surface area contributed by atoms with Crippen molar-refractivity contribution in [3.63, 3.8) is 0 Å². The molecule has 1 aromatic rings. The lowest BCUT2D eigenvalue weighted by atomic mass is 10.2. The van der Waals surface area contributed by atoms with Crippen LogP contribution in [0.3, 0.4) is 0 Å². The van der Waals surface area contributed by atoms with Crippen LogP contribution in [-0.2, 0) is 0 Å². The van der Waals surface area contributed by atoms with E-state index in [1.54, 1.807) is 17.8 Å². The van der Waals surface area contributed by atoms with E-state index in [0.29, 0.717) is 10.6 Å². The molecule has 1 rings (SSSR count). The van der Waals surface area contributed by atoms with Crippen LogP contribution in [0.2, 0.25) is 5.02 Å². The minimum absolute atomic E-state index is 0.620. The number of halogens is 1. The molecule has 0 radical (unpaired) electrons. The van der Waals surface area contributed by atoms with Gasteiger partial charge in [0.05, 0.1) is 0 Å². The molecule has 0 amide bonds. The fourth-order valence-corrected chi connectivity index (χ4v) is 2.46. The second-order valence-electron chi connectivity index (χ2n) is 3.36. The number of carbonyl (C=O) groups excluding carboxylic acids is 1. The second-order valence-corrected chi connectivity index (χ2v) is 4.93. The van der Waals surface area contributed by atoms with Crippen LogP contribution >= 0.6 is 23.4 Å². The van der Waals surface area contributed by atoms with Crippen molar-refractivity contribution < 1.29 is 4.79 Å². The molecule has 15 heavy (non-hydrogen) atoms. The molecule has 0 fully saturated rings. The van der Waals surface area contributed by atoms with Gasteiger partial charge in [-0.05, 0) is 30.4 Å². The molecular weight excluding hydrogens is 228 g/mol. The van der Waals surface area contributed by atoms with E-state index in [1.165, 1.54) is 19.3 Å². The number of hydrogen-bond donors (Lipinski definition) is 0. The van der Waals surface area contributed by atoms with Gasteiger partial charge in [0.1, 0.15) is 0 Å². The molecule has 0 atom stereocenters. The van der Waals surface area contributed by atoms with E-state index < -0.39 is 0 Å². The molecule has 0 aliphatic carbocycles. The third-order valence-corrected chi connectivity index (χ3v) is 3.51. The first-order chi connectivity index (χ1) is 7.27. The van der Waals surface area contributed by atoms with Crippen LogP contribution in [0.1, 0.15) is 36.5 Å². The van der Waals surface area contributed by atoms with Gasteiger partial charge in [-0.25, -0.2) is 0 Å². The Hall–Kier alpha value is -0.470. The van der Waals surface area contributed by atoms with Gasteiger partial charge < -0.3 is 0 Å². The first-order valence-corrected chi connectivity index (χ1v) is 6.51. The summed E-state index contributed by atoms with van der Waals surface area (Å²) in [6, 6.07) is 5.47. The highest BCUT2D eigenvalue weighted by atomic mass is 35.5. The highest BCUT2D eigenvalue weighted by Crippen LogP contribution is 2.25. The van der Waals surface area contributed by atoms with Gasteiger partial charge in [0.25, 0.3) is 0 Å². The molecule has 0 aromatic heterocycles. The van der Waals surface area contributed by atoms with Crippen molar-refractivity contribution in [1.82, 2.24) is 0 Å². The van der Waals surface area contributed by atoms with E-state index in [0.717, 1.165) is 16.9 Å². The molecule has 82 valence electrons. The summed E-state index contributed by atoms with van der Waals surface area (Å²) in [6.07, 6.45) is 4.54. The molecule has 0 heterocycles. The predicted octanol–water partition coefficient (Wildman–Crippen LogP) is 4.43. The Labute approximate surface area is 100 Å². The molecular formula is C12H15ClOS. The molecule has 0 saturated heterocycles. The first-order valence-electron chi connectivity index (χ1n) is 5.15. The maximum atomic E-state index is 10.8. The van der Waals surface area contributed by atoms with Crippen LogP contribution in [0.15, 0.2) is 23.1 Å². The summed E-state index contributed by atoms with van der Waals surface area (Å²) >= 11 is 7.54. The van der Waals surface area contributed by atoms with Gasteiger partial charge in [-0.3, -0.25) is 4.79 Å². The van der Waals surface area contributed by atoms with Crippen molar-refractivity contribution in [2.45, 2.75) is 31.1 Å². The van der Waals surface area contributed by atoms with Crippen LogP contribution in [-0.4, -0.2) is 12.0 Å². The minimum atomic E-state index is 0.620. The molecule has 0 unspecified atom stereocenters. The average molecular weight is 243 g/mol. The van der Waals surface area contributed by atoms with Gasteiger partial charge in [-0.1, -0.05) is 31.4 Å². The highest BCUT2D eigenvalue weighted by Gasteiger charge is 2.02. The van der Waals surface area contributed by atoms with Crippen molar-refractivity contribution >= 4 is 29.6 Å². The molecule has 1 nitrogen and oxygen atoms in total. The van der Waals surface area contributed by atoms with Crippen molar-refractivity contribution in [2.75, 3.05) is 5.75 Å². The average Bonchev–Trinajstić information content (AvgIpc) is 2.26. The standard InChI is InChI=1S/C12H15ClOS/c1-2-3-4-7-15-12-6-5-11(13)8-10(12)9-14/h5-6,8-9H,2-4,7H2,1H3. The summed E-state index contributed by atoms with van der Waals surface area (Å²) in [5.41, 5.74) is 0.698. The normalized spacial score (nSPS) is 10.3. The Morgan fingerprint density at radius 2 is 2.20 bits per heavy atom. The molecule has 0 N–H and O–H groups in total. The van der Waals surface area contributed by atoms with Gasteiger partial charge in [0.2, 0.25) is 0 Å². The zero-order chi connectivity index (χ0) is 11.1. The zero-order valence-corrected chi connectivity index (χ0v) is 10.4. The van der Waals surface area contributed by atoms with Gasteiger partial charge in [0, 0.05) is 15.5 Å². The summed E-state index contributed by atoms with van der Waals surface area (Å²) in [7, 11) is 0. The van der Waals surface area contributed by atoms with Gasteiger partial charge >= 0.3 is 0 Å². The summed E-state index contributed by atoms with van der Waals surface area (Å²) in [5, 5.41) is 0.620. The molecule has 1 aromatic carbocycles. The minimum Gasteiger partial charge on any atom is -0.298 e. The summed E-state index contributed by atoms with van der Waals surface area (Å²) < 4.78 is 0. The topological polar surface area (TPSA) is 17.1 Å². The summed E-state index contributed by atoms with van der Waals surface area (Å²) in [5.74, 6) is 1.07. The maximum Gasteiger partial charge on any atom is 0.151 e. The van der Waals surface area contributed by atoms with E-state index in [9.17, 15) is 4.79 Å². The van der Waals surface area contributed by atoms with Gasteiger partial charge in [-0.2, -0.15) is 0 Å². The SMILES string of the molecule is CCCCCSc1ccc(Cl)cc1C=O. The van der Waals surface area contributed by atoms with Crippen molar-refractivity contribution in [3.8, 4) is 0 Å². The molecule has 0 aliphatic rings. The van der Waals surface area contributed by atoms with Crippen molar-refractivity contribution in [2.24, 2.45) is 0 Å². The number of carbonyl (C=O) groups is 1. The van der Waals surface area contributed by atoms with E-state index >= 15 is 0 Å². The third-order valence-electron chi connectivity index (χ3n) is 2.10. The van der Waals surface area contributed by atoms with E-state index in [2.05, 4.69) is 6.92 Å². The summed E-state index contributed by atoms with van der Waals surface area (Å²) in [6.45, 7) is 2.18. The Kier molecular flexibility index (Phi) is 5.81. The molecule has 0 bridgehead atoms. The van der Waals surface area contributed by atoms with Crippen molar-refractivity contribution in [1.29, 1.82) is 0 Å². The second kappa shape index (κ2) is 6.91. The Morgan fingerprint density at radius 3 is 2.87 bits per heavy atom. The lowest BCUT2D eigenvalue weighted by Gasteiger charge is -2.04. The van der Waals surface area contributed by atoms with Gasteiger partial charge in [-0.15, -0.1) is 11.8 Å². The van der Waals surface area contributed by atoms with Crippen LogP contribution < -0.4 is 0 Å². The Balaban J connectivity index is 2.56. The van der Waals surface area contributed by atoms with Crippen LogP contribution in [0, 0.1) is 0 Å². The Morgan fingerprint density at radius 1 is 1.40 bits per heavy atom. The summed E-state index contributed by atoms with van der Waals surface area (Å²) in [4.78, 5) is 11.8. The monoisotopic (exact) mass is 242 g/mol. The smallest absolute Gasteiger partial charge is 0.151 e.